The van der Waals surface area contributed by atoms with Crippen LogP contribution in [-0.4, -0.2) is 0 Å². The Balaban J connectivity index is 0.000000437. The van der Waals surface area contributed by atoms with Crippen molar-refractivity contribution in [2.24, 2.45) is 11.8 Å². The van der Waals surface area contributed by atoms with Crippen molar-refractivity contribution in [3.63, 3.8) is 0 Å². The van der Waals surface area contributed by atoms with E-state index in [0.717, 1.165) is 22.5 Å². The van der Waals surface area contributed by atoms with Crippen LogP contribution in [0.5, 0.6) is 0 Å². The van der Waals surface area contributed by atoms with E-state index in [1.807, 2.05) is 48.5 Å². The Morgan fingerprint density at radius 3 is 1.82 bits per heavy atom. The average Bonchev–Trinajstić information content (AvgIpc) is 2.31. The van der Waals surface area contributed by atoms with Crippen molar-refractivity contribution >= 4 is 11.4 Å². The Kier molecular flexibility index (Phi) is 4.96. The molecular weight excluding hydrogens is 216 g/mol. The Bertz CT molecular complexity index is 456. The zero-order valence-corrected chi connectivity index (χ0v) is 9.34. The fourth-order valence-electron chi connectivity index (χ4n) is 1.39. The SMILES string of the molecule is NON.Nc1ccc(-c2cccc(N)c2)cc1. The molecular formula is C12H16N4O. The Labute approximate surface area is 99.9 Å². The maximum atomic E-state index is 5.70. The smallest absolute Gasteiger partial charge is 0.0320 e. The minimum absolute atomic E-state index is 0.776. The molecule has 0 heterocycles. The Hall–Kier alpha value is -2.08. The molecule has 5 heteroatoms. The van der Waals surface area contributed by atoms with Gasteiger partial charge in [-0.2, -0.15) is 11.8 Å². The first kappa shape index (κ1) is 13.0. The molecule has 8 N–H and O–H groups in total. The topological polar surface area (TPSA) is 113 Å². The lowest BCUT2D eigenvalue weighted by Gasteiger charge is -2.02. The van der Waals surface area contributed by atoms with Crippen LogP contribution in [0, 0.1) is 0 Å². The van der Waals surface area contributed by atoms with Gasteiger partial charge in [0.2, 0.25) is 0 Å². The molecule has 0 amide bonds. The van der Waals surface area contributed by atoms with E-state index < -0.39 is 0 Å². The molecule has 2 aromatic carbocycles. The minimum Gasteiger partial charge on any atom is -0.399 e. The van der Waals surface area contributed by atoms with E-state index in [1.165, 1.54) is 0 Å². The Morgan fingerprint density at radius 2 is 1.29 bits per heavy atom. The quantitative estimate of drug-likeness (QED) is 0.436. The van der Waals surface area contributed by atoms with Crippen molar-refractivity contribution in [3.8, 4) is 11.1 Å². The van der Waals surface area contributed by atoms with Gasteiger partial charge in [-0.15, -0.1) is 0 Å². The van der Waals surface area contributed by atoms with Crippen molar-refractivity contribution < 1.29 is 4.94 Å². The highest BCUT2D eigenvalue weighted by atomic mass is 16.7. The summed E-state index contributed by atoms with van der Waals surface area (Å²) in [4.78, 5) is 3.25. The average molecular weight is 232 g/mol. The molecule has 2 aromatic rings. The molecule has 0 saturated heterocycles. The third-order valence-corrected chi connectivity index (χ3v) is 2.13. The van der Waals surface area contributed by atoms with Crippen LogP contribution in [0.4, 0.5) is 11.4 Å². The van der Waals surface area contributed by atoms with E-state index in [1.54, 1.807) is 0 Å². The molecule has 0 atom stereocenters. The zero-order valence-electron chi connectivity index (χ0n) is 9.34. The van der Waals surface area contributed by atoms with Gasteiger partial charge in [-0.3, -0.25) is 0 Å². The molecule has 0 unspecified atom stereocenters. The predicted octanol–water partition coefficient (Wildman–Crippen LogP) is 1.27. The molecule has 0 saturated carbocycles. The molecule has 0 spiro atoms. The first-order valence-corrected chi connectivity index (χ1v) is 4.94. The van der Waals surface area contributed by atoms with Gasteiger partial charge in [-0.25, -0.2) is 4.94 Å². The first-order valence-electron chi connectivity index (χ1n) is 4.94. The second-order valence-corrected chi connectivity index (χ2v) is 3.38. The van der Waals surface area contributed by atoms with E-state index in [-0.39, 0.29) is 0 Å². The van der Waals surface area contributed by atoms with Gasteiger partial charge in [-0.05, 0) is 35.4 Å². The van der Waals surface area contributed by atoms with Crippen molar-refractivity contribution in [2.75, 3.05) is 11.5 Å². The summed E-state index contributed by atoms with van der Waals surface area (Å²) in [6.07, 6.45) is 0. The minimum atomic E-state index is 0.776. The summed E-state index contributed by atoms with van der Waals surface area (Å²) in [5.74, 6) is 8.25. The van der Waals surface area contributed by atoms with E-state index in [9.17, 15) is 0 Å². The summed E-state index contributed by atoms with van der Waals surface area (Å²) in [6, 6.07) is 15.6. The van der Waals surface area contributed by atoms with E-state index in [0.29, 0.717) is 0 Å². The van der Waals surface area contributed by atoms with Gasteiger partial charge in [0.1, 0.15) is 0 Å². The van der Waals surface area contributed by atoms with Crippen LogP contribution < -0.4 is 23.3 Å². The van der Waals surface area contributed by atoms with Crippen LogP contribution in [-0.2, 0) is 4.94 Å². The van der Waals surface area contributed by atoms with Gasteiger partial charge in [0.25, 0.3) is 0 Å². The third kappa shape index (κ3) is 4.12. The third-order valence-electron chi connectivity index (χ3n) is 2.13. The highest BCUT2D eigenvalue weighted by Crippen LogP contribution is 2.22. The van der Waals surface area contributed by atoms with Gasteiger partial charge in [0.05, 0.1) is 0 Å². The molecule has 0 aliphatic carbocycles. The number of hydrogen-bond donors (Lipinski definition) is 4. The molecule has 0 radical (unpaired) electrons. The molecule has 17 heavy (non-hydrogen) atoms. The maximum absolute atomic E-state index is 5.70. The summed E-state index contributed by atoms with van der Waals surface area (Å²) >= 11 is 0. The standard InChI is InChI=1S/C12H12N2.H4N2O/c13-11-6-4-9(5-7-11)10-2-1-3-12(14)8-10;1-3-2/h1-8H,13-14H2;1-2H2. The number of rotatable bonds is 1. The highest BCUT2D eigenvalue weighted by Gasteiger charge is 1.96. The van der Waals surface area contributed by atoms with Crippen LogP contribution in [0.2, 0.25) is 0 Å². The van der Waals surface area contributed by atoms with Gasteiger partial charge in [0, 0.05) is 11.4 Å². The Morgan fingerprint density at radius 1 is 0.706 bits per heavy atom. The van der Waals surface area contributed by atoms with Crippen LogP contribution in [0.1, 0.15) is 0 Å². The van der Waals surface area contributed by atoms with E-state index >= 15 is 0 Å². The number of nitrogen functional groups attached to an aromatic ring is 2. The van der Waals surface area contributed by atoms with Crippen molar-refractivity contribution in [1.82, 2.24) is 0 Å². The first-order chi connectivity index (χ1) is 8.17. The fraction of sp³-hybridized carbons (Fsp3) is 0. The van der Waals surface area contributed by atoms with Crippen molar-refractivity contribution in [2.45, 2.75) is 0 Å². The second-order valence-electron chi connectivity index (χ2n) is 3.38. The summed E-state index contributed by atoms with van der Waals surface area (Å²) in [5, 5.41) is 0. The monoisotopic (exact) mass is 232 g/mol. The molecule has 0 aliphatic rings. The number of benzene rings is 2. The van der Waals surface area contributed by atoms with Gasteiger partial charge in [-0.1, -0.05) is 24.3 Å². The van der Waals surface area contributed by atoms with Gasteiger partial charge < -0.3 is 11.5 Å². The molecule has 0 aromatic heterocycles. The van der Waals surface area contributed by atoms with Crippen LogP contribution in [0.25, 0.3) is 11.1 Å². The predicted molar refractivity (Wildman–Crippen MR) is 70.2 cm³/mol. The summed E-state index contributed by atoms with van der Waals surface area (Å²) in [7, 11) is 0. The summed E-state index contributed by atoms with van der Waals surface area (Å²) in [5.41, 5.74) is 15.1. The molecule has 2 rings (SSSR count). The second kappa shape index (κ2) is 6.49. The largest absolute Gasteiger partial charge is 0.399 e. The molecule has 0 aliphatic heterocycles. The maximum Gasteiger partial charge on any atom is 0.0320 e. The van der Waals surface area contributed by atoms with Crippen molar-refractivity contribution in [1.29, 1.82) is 0 Å². The molecule has 0 bridgehead atoms. The number of nitrogens with two attached hydrogens (primary N) is 4. The fourth-order valence-corrected chi connectivity index (χ4v) is 1.39. The molecule has 0 fully saturated rings. The zero-order chi connectivity index (χ0) is 12.7. The van der Waals surface area contributed by atoms with Crippen LogP contribution in [0.3, 0.4) is 0 Å². The molecule has 90 valence electrons. The normalized spacial score (nSPS) is 9.29. The summed E-state index contributed by atoms with van der Waals surface area (Å²) < 4.78 is 0. The number of hydrogen-bond acceptors (Lipinski definition) is 5. The lowest BCUT2D eigenvalue weighted by atomic mass is 10.1. The van der Waals surface area contributed by atoms with Crippen LogP contribution >= 0.6 is 0 Å². The lowest BCUT2D eigenvalue weighted by molar-refractivity contribution is 0.142. The molecule has 5 nitrogen and oxygen atoms in total. The lowest BCUT2D eigenvalue weighted by Crippen LogP contribution is -2.03. The van der Waals surface area contributed by atoms with E-state index in [4.69, 9.17) is 11.5 Å². The van der Waals surface area contributed by atoms with Crippen molar-refractivity contribution in [3.05, 3.63) is 48.5 Å². The summed E-state index contributed by atoms with van der Waals surface area (Å²) in [6.45, 7) is 0. The number of anilines is 2. The van der Waals surface area contributed by atoms with Gasteiger partial charge >= 0.3 is 0 Å². The van der Waals surface area contributed by atoms with E-state index in [2.05, 4.69) is 16.7 Å². The van der Waals surface area contributed by atoms with Gasteiger partial charge in [0.15, 0.2) is 0 Å². The van der Waals surface area contributed by atoms with Crippen LogP contribution in [0.15, 0.2) is 48.5 Å². The highest BCUT2D eigenvalue weighted by molar-refractivity contribution is 5.68.